The molecule has 4 rings (SSSR count). The fourth-order valence-corrected chi connectivity index (χ4v) is 5.00. The lowest BCUT2D eigenvalue weighted by Gasteiger charge is -2.18. The molecule has 38 heavy (non-hydrogen) atoms. The third-order valence-corrected chi connectivity index (χ3v) is 7.19. The van der Waals surface area contributed by atoms with Gasteiger partial charge < -0.3 is 34.3 Å². The van der Waals surface area contributed by atoms with Gasteiger partial charge in [0.1, 0.15) is 36.4 Å². The molecule has 14 nitrogen and oxygen atoms in total. The summed E-state index contributed by atoms with van der Waals surface area (Å²) in [7, 11) is -3.79. The minimum Gasteiger partial charge on any atom is -0.432 e. The summed E-state index contributed by atoms with van der Waals surface area (Å²) in [5.74, 6) is 0.590. The smallest absolute Gasteiger partial charge is 0.432 e. The quantitative estimate of drug-likeness (QED) is 0.0885. The maximum Gasteiger partial charge on any atom is 0.510 e. The molecular weight excluding hydrogens is 547 g/mol. The number of hydrogen-bond acceptors (Lipinski definition) is 13. The highest BCUT2D eigenvalue weighted by Gasteiger charge is 2.44. The van der Waals surface area contributed by atoms with Crippen LogP contribution in [0.1, 0.15) is 45.8 Å². The second kappa shape index (κ2) is 12.4. The fourth-order valence-electron chi connectivity index (χ4n) is 4.29. The summed E-state index contributed by atoms with van der Waals surface area (Å²) in [6.45, 7) is 3.29. The van der Waals surface area contributed by atoms with Crippen LogP contribution in [0.15, 0.2) is 12.3 Å². The van der Waals surface area contributed by atoms with Gasteiger partial charge in [-0.2, -0.15) is 4.98 Å². The highest BCUT2D eigenvalue weighted by Crippen LogP contribution is 2.44. The molecule has 1 aliphatic heterocycles. The van der Waals surface area contributed by atoms with Crippen molar-refractivity contribution >= 4 is 42.2 Å². The Hall–Kier alpha value is -2.03. The van der Waals surface area contributed by atoms with E-state index in [9.17, 15) is 19.6 Å². The van der Waals surface area contributed by atoms with Crippen molar-refractivity contribution in [2.45, 2.75) is 76.2 Å². The molecule has 1 saturated carbocycles. The average Bonchev–Trinajstić information content (AvgIpc) is 3.55. The van der Waals surface area contributed by atoms with Crippen LogP contribution in [0.2, 0.25) is 5.28 Å². The number of rotatable bonds is 11. The van der Waals surface area contributed by atoms with Crippen molar-refractivity contribution < 1.29 is 47.9 Å². The number of carbonyl (C=O) groups is 1. The normalized spacial score (nSPS) is 25.7. The summed E-state index contributed by atoms with van der Waals surface area (Å²) in [4.78, 5) is 24.9. The molecular formula is C22H32ClN4O10P. The number of halogens is 1. The van der Waals surface area contributed by atoms with E-state index >= 15 is 0 Å². The first-order chi connectivity index (χ1) is 18.0. The zero-order valence-electron chi connectivity index (χ0n) is 21.2. The zero-order chi connectivity index (χ0) is 27.4. The number of anilines is 1. The lowest BCUT2D eigenvalue weighted by molar-refractivity contribution is -0.241. The number of aromatic nitrogens is 3. The molecule has 1 aliphatic carbocycles. The standard InChI is InChI=1S/C22H32ClN4O10P/c1-12(2)35-22(30)32-11-34-38(3,31)37-33-10-15-16(28)17(29)20(36-15)27-9-8-14-18(24-13-6-4-5-7-13)25-21(23)26-19(14)27/h8-9,12-13,15-17,20,28-29H,4-7,10-11H2,1-3H3,(H,24,25,26)/t15-,16-,17-,20-,38?/m1/s1. The number of fused-ring (bicyclic) bond motifs is 1. The summed E-state index contributed by atoms with van der Waals surface area (Å²) in [5, 5.41) is 25.4. The number of nitrogens with zero attached hydrogens (tertiary/aromatic N) is 3. The summed E-state index contributed by atoms with van der Waals surface area (Å²) in [5.41, 5.74) is 0.419. The second-order valence-electron chi connectivity index (χ2n) is 9.41. The minimum atomic E-state index is -3.79. The van der Waals surface area contributed by atoms with E-state index in [4.69, 9.17) is 35.2 Å². The molecule has 0 bridgehead atoms. The van der Waals surface area contributed by atoms with Gasteiger partial charge in [-0.1, -0.05) is 12.8 Å². The zero-order valence-corrected chi connectivity index (χ0v) is 22.8. The Morgan fingerprint density at radius 3 is 2.74 bits per heavy atom. The highest BCUT2D eigenvalue weighted by molar-refractivity contribution is 7.52. The van der Waals surface area contributed by atoms with E-state index in [0.29, 0.717) is 22.9 Å². The number of nitrogens with one attached hydrogen (secondary N) is 1. The third kappa shape index (κ3) is 7.13. The predicted molar refractivity (Wildman–Crippen MR) is 134 cm³/mol. The van der Waals surface area contributed by atoms with E-state index in [1.54, 1.807) is 30.7 Å². The van der Waals surface area contributed by atoms with E-state index in [1.165, 1.54) is 0 Å². The number of carbonyl (C=O) groups excluding carboxylic acids is 1. The van der Waals surface area contributed by atoms with Crippen molar-refractivity contribution in [2.24, 2.45) is 0 Å². The first kappa shape index (κ1) is 29.0. The van der Waals surface area contributed by atoms with E-state index in [0.717, 1.165) is 32.3 Å². The molecule has 3 N–H and O–H groups in total. The van der Waals surface area contributed by atoms with Crippen molar-refractivity contribution in [1.29, 1.82) is 0 Å². The first-order valence-electron chi connectivity index (χ1n) is 12.2. The van der Waals surface area contributed by atoms with Crippen molar-refractivity contribution in [3.8, 4) is 0 Å². The van der Waals surface area contributed by atoms with Crippen molar-refractivity contribution in [2.75, 3.05) is 25.4 Å². The van der Waals surface area contributed by atoms with Gasteiger partial charge in [-0.25, -0.2) is 14.7 Å². The van der Waals surface area contributed by atoms with Gasteiger partial charge in [0.2, 0.25) is 12.1 Å². The molecule has 212 valence electrons. The molecule has 0 radical (unpaired) electrons. The molecule has 2 aromatic rings. The van der Waals surface area contributed by atoms with Crippen molar-refractivity contribution in [3.05, 3.63) is 17.5 Å². The monoisotopic (exact) mass is 578 g/mol. The largest absolute Gasteiger partial charge is 0.510 e. The molecule has 0 spiro atoms. The van der Waals surface area contributed by atoms with Crippen LogP contribution in [0.3, 0.4) is 0 Å². The summed E-state index contributed by atoms with van der Waals surface area (Å²) in [6.07, 6.45) is -0.119. The van der Waals surface area contributed by atoms with Crippen LogP contribution in [0.4, 0.5) is 10.6 Å². The topological polar surface area (TPSA) is 173 Å². The Morgan fingerprint density at radius 2 is 2.03 bits per heavy atom. The summed E-state index contributed by atoms with van der Waals surface area (Å²) < 4.78 is 38.8. The first-order valence-corrected chi connectivity index (χ1v) is 14.6. The Balaban J connectivity index is 1.34. The maximum absolute atomic E-state index is 12.3. The van der Waals surface area contributed by atoms with E-state index < -0.39 is 57.8 Å². The predicted octanol–water partition coefficient (Wildman–Crippen LogP) is 3.37. The molecule has 1 unspecified atom stereocenters. The molecule has 2 aliphatic rings. The number of hydrogen-bond donors (Lipinski definition) is 3. The van der Waals surface area contributed by atoms with Gasteiger partial charge >= 0.3 is 13.8 Å². The molecule has 0 amide bonds. The molecule has 0 aromatic carbocycles. The van der Waals surface area contributed by atoms with Gasteiger partial charge in [-0.05, 0) is 44.4 Å². The number of ether oxygens (including phenoxy) is 3. The van der Waals surface area contributed by atoms with E-state index in [2.05, 4.69) is 20.0 Å². The van der Waals surface area contributed by atoms with Crippen molar-refractivity contribution in [3.63, 3.8) is 0 Å². The van der Waals surface area contributed by atoms with Crippen LogP contribution in [-0.2, 0) is 32.9 Å². The van der Waals surface area contributed by atoms with Gasteiger partial charge in [-0.3, -0.25) is 9.09 Å². The Bertz CT molecular complexity index is 1160. The lowest BCUT2D eigenvalue weighted by Crippen LogP contribution is -2.33. The fraction of sp³-hybridized carbons (Fsp3) is 0.682. The Morgan fingerprint density at radius 1 is 1.29 bits per heavy atom. The average molecular weight is 579 g/mol. The molecule has 1 saturated heterocycles. The maximum atomic E-state index is 12.3. The third-order valence-electron chi connectivity index (χ3n) is 6.07. The van der Waals surface area contributed by atoms with Crippen LogP contribution in [-0.4, -0.2) is 81.4 Å². The molecule has 2 aromatic heterocycles. The van der Waals surface area contributed by atoms with Crippen LogP contribution in [0, 0.1) is 0 Å². The second-order valence-corrected chi connectivity index (χ2v) is 11.7. The highest BCUT2D eigenvalue weighted by atomic mass is 35.5. The van der Waals surface area contributed by atoms with Crippen molar-refractivity contribution in [1.82, 2.24) is 14.5 Å². The number of aliphatic hydroxyl groups is 2. The summed E-state index contributed by atoms with van der Waals surface area (Å²) >= 11 is 6.19. The van der Waals surface area contributed by atoms with Crippen LogP contribution >= 0.6 is 19.2 Å². The summed E-state index contributed by atoms with van der Waals surface area (Å²) in [6, 6.07) is 2.07. The minimum absolute atomic E-state index is 0.0272. The van der Waals surface area contributed by atoms with Crippen LogP contribution in [0.5, 0.6) is 0 Å². The SMILES string of the molecule is CC(C)OC(=O)OCOP(C)(=O)OOC[C@H]1O[C@@H](n2ccc3c(NC4CCCC4)nc(Cl)nc32)[C@H](O)[C@@H]1O. The lowest BCUT2D eigenvalue weighted by atomic mass is 10.1. The van der Waals surface area contributed by atoms with Gasteiger partial charge in [0, 0.05) is 18.9 Å². The molecule has 2 fully saturated rings. The van der Waals surface area contributed by atoms with Crippen LogP contribution in [0.25, 0.3) is 11.0 Å². The number of aliphatic hydroxyl groups excluding tert-OH is 2. The van der Waals surface area contributed by atoms with Crippen LogP contribution < -0.4 is 5.32 Å². The van der Waals surface area contributed by atoms with Gasteiger partial charge in [0.25, 0.3) is 0 Å². The van der Waals surface area contributed by atoms with Gasteiger partial charge in [0.15, 0.2) is 6.23 Å². The molecule has 5 atom stereocenters. The van der Waals surface area contributed by atoms with Gasteiger partial charge in [-0.15, -0.1) is 4.67 Å². The van der Waals surface area contributed by atoms with E-state index in [-0.39, 0.29) is 5.28 Å². The van der Waals surface area contributed by atoms with Gasteiger partial charge in [0.05, 0.1) is 11.5 Å². The Kier molecular flexibility index (Phi) is 9.48. The molecule has 16 heteroatoms. The molecule has 3 heterocycles. The van der Waals surface area contributed by atoms with E-state index in [1.807, 2.05) is 0 Å². The Labute approximate surface area is 223 Å².